The minimum absolute atomic E-state index is 0.355. The second-order valence-electron chi connectivity index (χ2n) is 7.14. The second kappa shape index (κ2) is 12.5. The second-order valence-corrected chi connectivity index (χ2v) is 7.14. The van der Waals surface area contributed by atoms with E-state index in [9.17, 15) is 0 Å². The summed E-state index contributed by atoms with van der Waals surface area (Å²) < 4.78 is 0. The van der Waals surface area contributed by atoms with Crippen LogP contribution in [0.25, 0.3) is 0 Å². The van der Waals surface area contributed by atoms with Crippen molar-refractivity contribution in [3.05, 3.63) is 84.1 Å². The molecule has 0 aliphatic heterocycles. The van der Waals surface area contributed by atoms with E-state index in [0.717, 1.165) is 36.0 Å². The molecule has 0 heterocycles. The number of hydrogen-bond acceptors (Lipinski definition) is 0. The van der Waals surface area contributed by atoms with Crippen molar-refractivity contribution in [1.82, 2.24) is 0 Å². The molecule has 0 aliphatic rings. The molecule has 2 unspecified atom stereocenters. The first-order chi connectivity index (χ1) is 12.2. The van der Waals surface area contributed by atoms with Gasteiger partial charge in [0, 0.05) is 5.92 Å². The SMILES string of the molecule is C=C(/C=C\C(=C)C(C)/C(=C\C(C)CC)CC)C(=C)/C=C(/CC)C(=C)CC. The molecule has 0 nitrogen and oxygen atoms in total. The summed E-state index contributed by atoms with van der Waals surface area (Å²) in [5.74, 6) is 0.969. The van der Waals surface area contributed by atoms with Crippen LogP contribution in [0.15, 0.2) is 84.1 Å². The van der Waals surface area contributed by atoms with Gasteiger partial charge in [-0.15, -0.1) is 0 Å². The van der Waals surface area contributed by atoms with Crippen molar-refractivity contribution >= 4 is 0 Å². The van der Waals surface area contributed by atoms with E-state index in [1.165, 1.54) is 23.1 Å². The topological polar surface area (TPSA) is 0 Å². The number of allylic oxidation sites excluding steroid dienone is 10. The van der Waals surface area contributed by atoms with Gasteiger partial charge >= 0.3 is 0 Å². The largest absolute Gasteiger partial charge is 0.0956 e. The molecule has 0 radical (unpaired) electrons. The zero-order chi connectivity index (χ0) is 20.3. The summed E-state index contributed by atoms with van der Waals surface area (Å²) in [5, 5.41) is 0. The first-order valence-electron chi connectivity index (χ1n) is 10.1. The summed E-state index contributed by atoms with van der Waals surface area (Å²) in [5.41, 5.74) is 6.88. The average Bonchev–Trinajstić information content (AvgIpc) is 2.65. The van der Waals surface area contributed by atoms with Crippen LogP contribution in [-0.2, 0) is 0 Å². The Morgan fingerprint density at radius 1 is 0.808 bits per heavy atom. The molecule has 0 fully saturated rings. The van der Waals surface area contributed by atoms with Gasteiger partial charge in [0.15, 0.2) is 0 Å². The van der Waals surface area contributed by atoms with E-state index in [-0.39, 0.29) is 0 Å². The maximum atomic E-state index is 4.28. The molecule has 26 heavy (non-hydrogen) atoms. The first kappa shape index (κ1) is 24.2. The predicted molar refractivity (Wildman–Crippen MR) is 121 cm³/mol. The summed E-state index contributed by atoms with van der Waals surface area (Å²) in [7, 11) is 0. The summed E-state index contributed by atoms with van der Waals surface area (Å²) in [4.78, 5) is 0. The molecule has 0 heteroatoms. The van der Waals surface area contributed by atoms with Gasteiger partial charge in [-0.1, -0.05) is 110 Å². The van der Waals surface area contributed by atoms with E-state index >= 15 is 0 Å². The molecule has 0 rings (SSSR count). The fourth-order valence-corrected chi connectivity index (χ4v) is 2.73. The molecular formula is C26H40. The molecule has 0 N–H and O–H groups in total. The molecule has 0 bridgehead atoms. The van der Waals surface area contributed by atoms with Gasteiger partial charge < -0.3 is 0 Å². The van der Waals surface area contributed by atoms with Gasteiger partial charge in [-0.25, -0.2) is 0 Å². The Balaban J connectivity index is 5.13. The minimum atomic E-state index is 0.355. The Kier molecular flexibility index (Phi) is 11.6. The normalized spacial score (nSPS) is 15.0. The molecule has 0 aromatic rings. The minimum Gasteiger partial charge on any atom is -0.0956 e. The highest BCUT2D eigenvalue weighted by molar-refractivity contribution is 5.48. The Bertz CT molecular complexity index is 604. The van der Waals surface area contributed by atoms with Gasteiger partial charge in [0.2, 0.25) is 0 Å². The number of rotatable bonds is 12. The summed E-state index contributed by atoms with van der Waals surface area (Å²) in [6.45, 7) is 30.0. The maximum absolute atomic E-state index is 4.28. The van der Waals surface area contributed by atoms with E-state index in [1.54, 1.807) is 0 Å². The molecule has 0 aromatic carbocycles. The summed E-state index contributed by atoms with van der Waals surface area (Å²) in [6, 6.07) is 0. The zero-order valence-corrected chi connectivity index (χ0v) is 18.1. The van der Waals surface area contributed by atoms with Gasteiger partial charge in [0.25, 0.3) is 0 Å². The third kappa shape index (κ3) is 8.04. The molecule has 2 atom stereocenters. The molecule has 144 valence electrons. The summed E-state index contributed by atoms with van der Waals surface area (Å²) >= 11 is 0. The van der Waals surface area contributed by atoms with Crippen LogP contribution >= 0.6 is 0 Å². The zero-order valence-electron chi connectivity index (χ0n) is 18.1. The Morgan fingerprint density at radius 3 is 1.88 bits per heavy atom. The monoisotopic (exact) mass is 352 g/mol. The van der Waals surface area contributed by atoms with Crippen molar-refractivity contribution in [2.75, 3.05) is 0 Å². The van der Waals surface area contributed by atoms with Crippen LogP contribution in [0.1, 0.15) is 67.2 Å². The molecule has 0 aromatic heterocycles. The van der Waals surface area contributed by atoms with E-state index in [0.29, 0.717) is 11.8 Å². The quantitative estimate of drug-likeness (QED) is 0.244. The van der Waals surface area contributed by atoms with Gasteiger partial charge in [-0.2, -0.15) is 0 Å². The fraction of sp³-hybridized carbons (Fsp3) is 0.462. The molecule has 0 saturated carbocycles. The van der Waals surface area contributed by atoms with Crippen LogP contribution in [0.4, 0.5) is 0 Å². The highest BCUT2D eigenvalue weighted by Gasteiger charge is 2.10. The van der Waals surface area contributed by atoms with Crippen LogP contribution in [0, 0.1) is 11.8 Å². The van der Waals surface area contributed by atoms with Crippen LogP contribution in [-0.4, -0.2) is 0 Å². The van der Waals surface area contributed by atoms with E-state index in [4.69, 9.17) is 0 Å². The van der Waals surface area contributed by atoms with E-state index < -0.39 is 0 Å². The van der Waals surface area contributed by atoms with Crippen LogP contribution < -0.4 is 0 Å². The van der Waals surface area contributed by atoms with Crippen LogP contribution in [0.2, 0.25) is 0 Å². The van der Waals surface area contributed by atoms with Crippen molar-refractivity contribution in [3.8, 4) is 0 Å². The first-order valence-corrected chi connectivity index (χ1v) is 10.1. The lowest BCUT2D eigenvalue weighted by atomic mass is 9.88. The third-order valence-electron chi connectivity index (χ3n) is 5.18. The highest BCUT2D eigenvalue weighted by atomic mass is 14.2. The van der Waals surface area contributed by atoms with Crippen molar-refractivity contribution in [2.24, 2.45) is 11.8 Å². The Hall–Kier alpha value is -1.82. The van der Waals surface area contributed by atoms with E-state index in [1.807, 2.05) is 6.08 Å². The predicted octanol–water partition coefficient (Wildman–Crippen LogP) is 8.53. The van der Waals surface area contributed by atoms with Gasteiger partial charge in [0.05, 0.1) is 0 Å². The lowest BCUT2D eigenvalue weighted by Gasteiger charge is -2.17. The van der Waals surface area contributed by atoms with Gasteiger partial charge in [-0.05, 0) is 47.5 Å². The third-order valence-corrected chi connectivity index (χ3v) is 5.18. The fourth-order valence-electron chi connectivity index (χ4n) is 2.73. The Labute approximate surface area is 163 Å². The van der Waals surface area contributed by atoms with Crippen molar-refractivity contribution < 1.29 is 0 Å². The van der Waals surface area contributed by atoms with Crippen LogP contribution in [0.3, 0.4) is 0 Å². The standard InChI is InChI=1S/C26H40/c1-11-19(5)17-26(14-4)24(10)22(8)16-15-21(7)23(9)18-25(13-3)20(6)12-2/h15-19,24H,6-9,11-14H2,1-5,10H3/b16-15-,25-18-,26-17-. The molecule has 0 saturated heterocycles. The van der Waals surface area contributed by atoms with Crippen LogP contribution in [0.5, 0.6) is 0 Å². The number of hydrogen-bond donors (Lipinski definition) is 0. The van der Waals surface area contributed by atoms with Crippen molar-refractivity contribution in [3.63, 3.8) is 0 Å². The molecule has 0 spiro atoms. The smallest absolute Gasteiger partial charge is 0.00139 e. The molecule has 0 amide bonds. The lowest BCUT2D eigenvalue weighted by molar-refractivity contribution is 0.667. The molecular weight excluding hydrogens is 312 g/mol. The summed E-state index contributed by atoms with van der Waals surface area (Å²) in [6.07, 6.45) is 12.8. The van der Waals surface area contributed by atoms with E-state index in [2.05, 4.69) is 86.1 Å². The average molecular weight is 353 g/mol. The van der Waals surface area contributed by atoms with Gasteiger partial charge in [-0.3, -0.25) is 0 Å². The lowest BCUT2D eigenvalue weighted by Crippen LogP contribution is -2.03. The Morgan fingerprint density at radius 2 is 1.42 bits per heavy atom. The van der Waals surface area contributed by atoms with Crippen molar-refractivity contribution in [1.29, 1.82) is 0 Å². The molecule has 0 aliphatic carbocycles. The maximum Gasteiger partial charge on any atom is 0.00139 e. The van der Waals surface area contributed by atoms with Gasteiger partial charge in [0.1, 0.15) is 0 Å². The van der Waals surface area contributed by atoms with Crippen molar-refractivity contribution in [2.45, 2.75) is 67.2 Å². The highest BCUT2D eigenvalue weighted by Crippen LogP contribution is 2.26.